The van der Waals surface area contributed by atoms with Crippen LogP contribution in [-0.2, 0) is 0 Å². The number of nitrogens with zero attached hydrogens (tertiary/aromatic N) is 2. The molecule has 2 fully saturated rings. The highest BCUT2D eigenvalue weighted by Gasteiger charge is 2.43. The highest BCUT2D eigenvalue weighted by atomic mass is 15.2. The van der Waals surface area contributed by atoms with Crippen molar-refractivity contribution < 1.29 is 0 Å². The van der Waals surface area contributed by atoms with Crippen molar-refractivity contribution in [3.63, 3.8) is 0 Å². The Labute approximate surface area is 94.6 Å². The summed E-state index contributed by atoms with van der Waals surface area (Å²) in [6, 6.07) is 0. The van der Waals surface area contributed by atoms with Crippen LogP contribution in [-0.4, -0.2) is 49.1 Å². The van der Waals surface area contributed by atoms with Crippen molar-refractivity contribution in [1.29, 1.82) is 0 Å². The third-order valence-electron chi connectivity index (χ3n) is 4.11. The summed E-state index contributed by atoms with van der Waals surface area (Å²) in [5, 5.41) is 0. The molecule has 0 aromatic carbocycles. The van der Waals surface area contributed by atoms with E-state index in [1.54, 1.807) is 0 Å². The molecule has 2 aliphatic heterocycles. The first-order valence-electron chi connectivity index (χ1n) is 6.58. The first-order chi connectivity index (χ1) is 7.13. The van der Waals surface area contributed by atoms with Gasteiger partial charge < -0.3 is 9.80 Å². The van der Waals surface area contributed by atoms with Gasteiger partial charge in [0.05, 0.1) is 0 Å². The van der Waals surface area contributed by atoms with Crippen LogP contribution < -0.4 is 0 Å². The third-order valence-corrected chi connectivity index (χ3v) is 4.11. The van der Waals surface area contributed by atoms with Gasteiger partial charge in [0, 0.05) is 19.6 Å². The minimum atomic E-state index is 0.726. The van der Waals surface area contributed by atoms with Crippen LogP contribution in [0.5, 0.6) is 0 Å². The molecule has 2 aliphatic rings. The number of piperidine rings is 1. The number of hydrogen-bond donors (Lipinski definition) is 0. The van der Waals surface area contributed by atoms with E-state index in [-0.39, 0.29) is 0 Å². The Bertz CT molecular complexity index is 197. The summed E-state index contributed by atoms with van der Waals surface area (Å²) in [5.41, 5.74) is 0.726. The SMILES string of the molecule is CCN1CC2(CCN(CC(C)C)CC2)C1. The second-order valence-corrected chi connectivity index (χ2v) is 6.00. The molecule has 15 heavy (non-hydrogen) atoms. The molecule has 1 spiro atoms. The van der Waals surface area contributed by atoms with Crippen LogP contribution in [0.2, 0.25) is 0 Å². The van der Waals surface area contributed by atoms with Crippen molar-refractivity contribution in [2.75, 3.05) is 39.3 Å². The Morgan fingerprint density at radius 1 is 1.07 bits per heavy atom. The van der Waals surface area contributed by atoms with Crippen molar-refractivity contribution in [1.82, 2.24) is 9.80 Å². The Balaban J connectivity index is 1.73. The Morgan fingerprint density at radius 3 is 2.13 bits per heavy atom. The van der Waals surface area contributed by atoms with Gasteiger partial charge >= 0.3 is 0 Å². The van der Waals surface area contributed by atoms with Crippen LogP contribution in [0.1, 0.15) is 33.6 Å². The highest BCUT2D eigenvalue weighted by Crippen LogP contribution is 2.40. The average molecular weight is 210 g/mol. The first-order valence-corrected chi connectivity index (χ1v) is 6.58. The van der Waals surface area contributed by atoms with E-state index in [1.165, 1.54) is 52.1 Å². The zero-order chi connectivity index (χ0) is 10.9. The molecule has 2 heteroatoms. The van der Waals surface area contributed by atoms with Crippen molar-refractivity contribution in [3.05, 3.63) is 0 Å². The lowest BCUT2D eigenvalue weighted by Crippen LogP contribution is -2.60. The van der Waals surface area contributed by atoms with Crippen molar-refractivity contribution >= 4 is 0 Å². The zero-order valence-corrected chi connectivity index (χ0v) is 10.6. The highest BCUT2D eigenvalue weighted by molar-refractivity contribution is 4.97. The predicted molar refractivity (Wildman–Crippen MR) is 65.1 cm³/mol. The number of rotatable bonds is 3. The molecule has 0 amide bonds. The van der Waals surface area contributed by atoms with Gasteiger partial charge in [-0.2, -0.15) is 0 Å². The maximum absolute atomic E-state index is 2.66. The van der Waals surface area contributed by atoms with Crippen LogP contribution >= 0.6 is 0 Å². The molecule has 0 unspecified atom stereocenters. The first kappa shape index (κ1) is 11.4. The maximum atomic E-state index is 2.66. The summed E-state index contributed by atoms with van der Waals surface area (Å²) in [4.78, 5) is 5.24. The lowest BCUT2D eigenvalue weighted by atomic mass is 9.72. The molecule has 0 aromatic rings. The van der Waals surface area contributed by atoms with Gasteiger partial charge in [-0.15, -0.1) is 0 Å². The molecule has 2 rings (SSSR count). The van der Waals surface area contributed by atoms with Gasteiger partial charge in [0.25, 0.3) is 0 Å². The van der Waals surface area contributed by atoms with Crippen LogP contribution in [0.4, 0.5) is 0 Å². The standard InChI is InChI=1S/C13H26N2/c1-4-14-10-13(11-14)5-7-15(8-6-13)9-12(2)3/h12H,4-11H2,1-3H3. The summed E-state index contributed by atoms with van der Waals surface area (Å²) in [7, 11) is 0. The van der Waals surface area contributed by atoms with Gasteiger partial charge in [0.15, 0.2) is 0 Å². The van der Waals surface area contributed by atoms with Crippen molar-refractivity contribution in [3.8, 4) is 0 Å². The Morgan fingerprint density at radius 2 is 1.67 bits per heavy atom. The van der Waals surface area contributed by atoms with E-state index >= 15 is 0 Å². The lowest BCUT2D eigenvalue weighted by Gasteiger charge is -2.54. The summed E-state index contributed by atoms with van der Waals surface area (Å²) in [6.07, 6.45) is 2.88. The van der Waals surface area contributed by atoms with Gasteiger partial charge in [-0.25, -0.2) is 0 Å². The van der Waals surface area contributed by atoms with Gasteiger partial charge in [-0.3, -0.25) is 0 Å². The molecule has 2 nitrogen and oxygen atoms in total. The molecule has 88 valence electrons. The molecule has 0 bridgehead atoms. The fourth-order valence-corrected chi connectivity index (χ4v) is 3.17. The number of hydrogen-bond acceptors (Lipinski definition) is 2. The van der Waals surface area contributed by atoms with Crippen LogP contribution in [0.15, 0.2) is 0 Å². The normalized spacial score (nSPS) is 27.2. The van der Waals surface area contributed by atoms with Crippen LogP contribution in [0, 0.1) is 11.3 Å². The second-order valence-electron chi connectivity index (χ2n) is 6.00. The van der Waals surface area contributed by atoms with Crippen LogP contribution in [0.25, 0.3) is 0 Å². The monoisotopic (exact) mass is 210 g/mol. The van der Waals surface area contributed by atoms with E-state index in [0.29, 0.717) is 0 Å². The van der Waals surface area contributed by atoms with E-state index in [4.69, 9.17) is 0 Å². The summed E-state index contributed by atoms with van der Waals surface area (Å²) in [5.74, 6) is 0.826. The molecule has 0 aromatic heterocycles. The molecular formula is C13H26N2. The molecule has 0 saturated carbocycles. The average Bonchev–Trinajstić information content (AvgIpc) is 2.15. The van der Waals surface area contributed by atoms with E-state index in [0.717, 1.165) is 11.3 Å². The predicted octanol–water partition coefficient (Wildman–Crippen LogP) is 2.06. The maximum Gasteiger partial charge on any atom is 0.00513 e. The van der Waals surface area contributed by atoms with Gasteiger partial charge in [0.2, 0.25) is 0 Å². The smallest absolute Gasteiger partial charge is 0.00513 e. The topological polar surface area (TPSA) is 6.48 Å². The summed E-state index contributed by atoms with van der Waals surface area (Å²) in [6.45, 7) is 14.9. The Kier molecular flexibility index (Phi) is 3.36. The zero-order valence-electron chi connectivity index (χ0n) is 10.6. The van der Waals surface area contributed by atoms with E-state index in [2.05, 4.69) is 30.6 Å². The minimum Gasteiger partial charge on any atom is -0.303 e. The summed E-state index contributed by atoms with van der Waals surface area (Å²) >= 11 is 0. The van der Waals surface area contributed by atoms with Gasteiger partial charge in [0.1, 0.15) is 0 Å². The van der Waals surface area contributed by atoms with Crippen molar-refractivity contribution in [2.24, 2.45) is 11.3 Å². The lowest BCUT2D eigenvalue weighted by molar-refractivity contribution is -0.0448. The van der Waals surface area contributed by atoms with E-state index < -0.39 is 0 Å². The largest absolute Gasteiger partial charge is 0.303 e. The third kappa shape index (κ3) is 2.54. The van der Waals surface area contributed by atoms with E-state index in [1.807, 2.05) is 0 Å². The van der Waals surface area contributed by atoms with Crippen molar-refractivity contribution in [2.45, 2.75) is 33.6 Å². The molecule has 0 atom stereocenters. The van der Waals surface area contributed by atoms with E-state index in [9.17, 15) is 0 Å². The minimum absolute atomic E-state index is 0.726. The molecule has 0 radical (unpaired) electrons. The molecular weight excluding hydrogens is 184 g/mol. The Hall–Kier alpha value is -0.0800. The van der Waals surface area contributed by atoms with Gasteiger partial charge in [-0.1, -0.05) is 20.8 Å². The molecule has 0 N–H and O–H groups in total. The second kappa shape index (κ2) is 4.42. The molecule has 2 heterocycles. The summed E-state index contributed by atoms with van der Waals surface area (Å²) < 4.78 is 0. The number of likely N-dealkylation sites (tertiary alicyclic amines) is 2. The van der Waals surface area contributed by atoms with Gasteiger partial charge in [-0.05, 0) is 43.8 Å². The van der Waals surface area contributed by atoms with Crippen LogP contribution in [0.3, 0.4) is 0 Å². The molecule has 2 saturated heterocycles. The fourth-order valence-electron chi connectivity index (χ4n) is 3.17. The quantitative estimate of drug-likeness (QED) is 0.703. The fraction of sp³-hybridized carbons (Fsp3) is 1.00. The molecule has 0 aliphatic carbocycles.